The fourth-order valence-corrected chi connectivity index (χ4v) is 3.80. The van der Waals surface area contributed by atoms with Crippen LogP contribution in [0.15, 0.2) is 41.4 Å². The first-order valence-corrected chi connectivity index (χ1v) is 10.6. The van der Waals surface area contributed by atoms with Crippen LogP contribution in [0.2, 0.25) is 5.02 Å². The van der Waals surface area contributed by atoms with Gasteiger partial charge in [-0.3, -0.25) is 4.79 Å². The molecule has 0 atom stereocenters. The van der Waals surface area contributed by atoms with Crippen LogP contribution in [0.25, 0.3) is 0 Å². The summed E-state index contributed by atoms with van der Waals surface area (Å²) in [4.78, 5) is 18.6. The topological polar surface area (TPSA) is 105 Å². The van der Waals surface area contributed by atoms with Gasteiger partial charge in [-0.25, -0.2) is 18.5 Å². The van der Waals surface area contributed by atoms with E-state index in [4.69, 9.17) is 16.7 Å². The van der Waals surface area contributed by atoms with Gasteiger partial charge in [-0.1, -0.05) is 23.7 Å². The van der Waals surface area contributed by atoms with E-state index in [-0.39, 0.29) is 10.8 Å². The maximum absolute atomic E-state index is 12.5. The fraction of sp³-hybridized carbons (Fsp3) is 0.333. The molecule has 3 N–H and O–H groups in total. The Labute approximate surface area is 163 Å². The number of nitrogens with zero attached hydrogens (tertiary/aromatic N) is 2. The molecule has 1 aromatic heterocycles. The Morgan fingerprint density at radius 3 is 2.63 bits per heavy atom. The zero-order valence-corrected chi connectivity index (χ0v) is 16.3. The highest BCUT2D eigenvalue weighted by Gasteiger charge is 2.19. The van der Waals surface area contributed by atoms with Crippen LogP contribution in [0, 0.1) is 0 Å². The van der Waals surface area contributed by atoms with E-state index >= 15 is 0 Å². The Balaban J connectivity index is 1.69. The number of amides is 1. The number of likely N-dealkylation sites (tertiary alicyclic amines) is 1. The van der Waals surface area contributed by atoms with Gasteiger partial charge in [-0.15, -0.1) is 0 Å². The van der Waals surface area contributed by atoms with Crippen molar-refractivity contribution in [2.45, 2.75) is 30.7 Å². The van der Waals surface area contributed by atoms with E-state index in [1.54, 1.807) is 18.2 Å². The van der Waals surface area contributed by atoms with Gasteiger partial charge in [0.1, 0.15) is 5.82 Å². The normalized spacial score (nSPS) is 14.8. The summed E-state index contributed by atoms with van der Waals surface area (Å²) in [5, 5.41) is 8.53. The molecule has 1 aromatic carbocycles. The number of primary sulfonamides is 1. The third-order valence-corrected chi connectivity index (χ3v) is 5.62. The molecular weight excluding hydrogens is 388 g/mol. The summed E-state index contributed by atoms with van der Waals surface area (Å²) < 4.78 is 22.9. The molecule has 0 spiro atoms. The van der Waals surface area contributed by atoms with Crippen LogP contribution in [-0.2, 0) is 16.6 Å². The fourth-order valence-electron chi connectivity index (χ4n) is 2.98. The summed E-state index contributed by atoms with van der Waals surface area (Å²) in [5.41, 5.74) is 1.18. The first-order valence-electron chi connectivity index (χ1n) is 8.65. The Morgan fingerprint density at radius 1 is 1.22 bits per heavy atom. The molecule has 9 heteroatoms. The van der Waals surface area contributed by atoms with Crippen molar-refractivity contribution < 1.29 is 13.2 Å². The lowest BCUT2D eigenvalue weighted by atomic mass is 10.1. The number of carbonyl (C=O) groups is 1. The van der Waals surface area contributed by atoms with Crippen molar-refractivity contribution in [3.63, 3.8) is 0 Å². The van der Waals surface area contributed by atoms with Gasteiger partial charge in [0, 0.05) is 25.8 Å². The Morgan fingerprint density at radius 2 is 1.96 bits per heavy atom. The lowest BCUT2D eigenvalue weighted by Crippen LogP contribution is -2.35. The lowest BCUT2D eigenvalue weighted by molar-refractivity contribution is 0.0724. The second kappa shape index (κ2) is 8.24. The number of anilines is 1. The predicted molar refractivity (Wildman–Crippen MR) is 104 cm³/mol. The molecule has 2 aromatic rings. The standard InChI is InChI=1S/C18H21ClN4O3S/c19-16-10-14(18(24)23-7-2-1-3-8-23)12-22-17(16)21-11-13-5-4-6-15(9-13)27(20,25)26/h4-6,9-10,12H,1-3,7-8,11H2,(H,21,22)(H2,20,25,26). The minimum Gasteiger partial charge on any atom is -0.365 e. The molecule has 7 nitrogen and oxygen atoms in total. The molecule has 27 heavy (non-hydrogen) atoms. The molecule has 3 rings (SSSR count). The number of aromatic nitrogens is 1. The molecule has 1 amide bonds. The number of pyridine rings is 1. The predicted octanol–water partition coefficient (Wildman–Crippen LogP) is 2.62. The van der Waals surface area contributed by atoms with E-state index in [1.807, 2.05) is 4.90 Å². The summed E-state index contributed by atoms with van der Waals surface area (Å²) in [6.45, 7) is 1.84. The van der Waals surface area contributed by atoms with E-state index in [2.05, 4.69) is 10.3 Å². The van der Waals surface area contributed by atoms with Crippen molar-refractivity contribution in [1.82, 2.24) is 9.88 Å². The summed E-state index contributed by atoms with van der Waals surface area (Å²) in [6, 6.07) is 7.92. The molecule has 1 fully saturated rings. The highest BCUT2D eigenvalue weighted by atomic mass is 35.5. The molecule has 0 saturated carbocycles. The van der Waals surface area contributed by atoms with Crippen molar-refractivity contribution in [3.05, 3.63) is 52.7 Å². The number of carbonyl (C=O) groups excluding carboxylic acids is 1. The largest absolute Gasteiger partial charge is 0.365 e. The van der Waals surface area contributed by atoms with Gasteiger partial charge in [0.15, 0.2) is 0 Å². The summed E-state index contributed by atoms with van der Waals surface area (Å²) in [7, 11) is -3.75. The van der Waals surface area contributed by atoms with Crippen LogP contribution >= 0.6 is 11.6 Å². The van der Waals surface area contributed by atoms with Crippen LogP contribution in [-0.4, -0.2) is 37.3 Å². The average molecular weight is 409 g/mol. The third kappa shape index (κ3) is 4.97. The van der Waals surface area contributed by atoms with Gasteiger partial charge in [0.25, 0.3) is 5.91 Å². The highest BCUT2D eigenvalue weighted by Crippen LogP contribution is 2.23. The van der Waals surface area contributed by atoms with Crippen molar-refractivity contribution in [2.75, 3.05) is 18.4 Å². The first kappa shape index (κ1) is 19.6. The minimum atomic E-state index is -3.75. The summed E-state index contributed by atoms with van der Waals surface area (Å²) >= 11 is 6.27. The average Bonchev–Trinajstić information content (AvgIpc) is 2.66. The summed E-state index contributed by atoms with van der Waals surface area (Å²) in [5.74, 6) is 0.365. The molecule has 0 aliphatic carbocycles. The zero-order chi connectivity index (χ0) is 19.4. The van der Waals surface area contributed by atoms with Gasteiger partial charge in [0.05, 0.1) is 15.5 Å². The van der Waals surface area contributed by atoms with Gasteiger partial charge in [-0.2, -0.15) is 0 Å². The van der Waals surface area contributed by atoms with Crippen molar-refractivity contribution in [2.24, 2.45) is 5.14 Å². The quantitative estimate of drug-likeness (QED) is 0.791. The molecule has 144 valence electrons. The number of hydrogen-bond donors (Lipinski definition) is 2. The molecule has 1 saturated heterocycles. The van der Waals surface area contributed by atoms with Gasteiger partial charge < -0.3 is 10.2 Å². The van der Waals surface area contributed by atoms with Crippen molar-refractivity contribution >= 4 is 33.3 Å². The number of benzene rings is 1. The first-order chi connectivity index (χ1) is 12.8. The number of halogens is 1. The van der Waals surface area contributed by atoms with Crippen molar-refractivity contribution in [3.8, 4) is 0 Å². The number of sulfonamides is 1. The number of piperidine rings is 1. The molecule has 2 heterocycles. The van der Waals surface area contributed by atoms with E-state index in [9.17, 15) is 13.2 Å². The van der Waals surface area contributed by atoms with Crippen LogP contribution < -0.4 is 10.5 Å². The molecule has 0 bridgehead atoms. The van der Waals surface area contributed by atoms with Crippen molar-refractivity contribution in [1.29, 1.82) is 0 Å². The Hall–Kier alpha value is -2.16. The number of nitrogens with two attached hydrogens (primary N) is 1. The second-order valence-electron chi connectivity index (χ2n) is 6.45. The SMILES string of the molecule is NS(=O)(=O)c1cccc(CNc2ncc(C(=O)N3CCCCC3)cc2Cl)c1. The molecule has 1 aliphatic heterocycles. The molecule has 0 unspecified atom stereocenters. The van der Waals surface area contributed by atoms with Gasteiger partial charge in [0.2, 0.25) is 10.0 Å². The van der Waals surface area contributed by atoms with E-state index in [0.29, 0.717) is 28.5 Å². The zero-order valence-electron chi connectivity index (χ0n) is 14.7. The molecule has 1 aliphatic rings. The maximum atomic E-state index is 12.5. The minimum absolute atomic E-state index is 0.0448. The van der Waals surface area contributed by atoms with E-state index < -0.39 is 10.0 Å². The summed E-state index contributed by atoms with van der Waals surface area (Å²) in [6.07, 6.45) is 4.69. The second-order valence-corrected chi connectivity index (χ2v) is 8.42. The highest BCUT2D eigenvalue weighted by molar-refractivity contribution is 7.89. The van der Waals surface area contributed by atoms with Gasteiger partial charge >= 0.3 is 0 Å². The smallest absolute Gasteiger partial charge is 0.255 e. The number of rotatable bonds is 5. The van der Waals surface area contributed by atoms with Gasteiger partial charge in [-0.05, 0) is 43.0 Å². The maximum Gasteiger partial charge on any atom is 0.255 e. The monoisotopic (exact) mass is 408 g/mol. The molecular formula is C18H21ClN4O3S. The Bertz CT molecular complexity index is 943. The lowest BCUT2D eigenvalue weighted by Gasteiger charge is -2.26. The van der Waals surface area contributed by atoms with Crippen LogP contribution in [0.3, 0.4) is 0 Å². The van der Waals surface area contributed by atoms with E-state index in [1.165, 1.54) is 18.3 Å². The van der Waals surface area contributed by atoms with Crippen LogP contribution in [0.4, 0.5) is 5.82 Å². The van der Waals surface area contributed by atoms with Crippen LogP contribution in [0.5, 0.6) is 0 Å². The number of nitrogens with one attached hydrogen (secondary N) is 1. The third-order valence-electron chi connectivity index (χ3n) is 4.42. The molecule has 0 radical (unpaired) electrons. The Kier molecular flexibility index (Phi) is 5.98. The van der Waals surface area contributed by atoms with E-state index in [0.717, 1.165) is 32.4 Å². The van der Waals surface area contributed by atoms with Crippen LogP contribution in [0.1, 0.15) is 35.2 Å². The number of hydrogen-bond acceptors (Lipinski definition) is 5.